The van der Waals surface area contributed by atoms with Crippen molar-refractivity contribution < 1.29 is 26.7 Å². The quantitative estimate of drug-likeness (QED) is 0.668. The Balaban J connectivity index is 2.27. The maximum atomic E-state index is 12.4. The van der Waals surface area contributed by atoms with Gasteiger partial charge in [0.1, 0.15) is 0 Å². The normalized spacial score (nSPS) is 12.2. The molecule has 0 heterocycles. The van der Waals surface area contributed by atoms with Gasteiger partial charge in [0.25, 0.3) is 10.0 Å². The zero-order valence-electron chi connectivity index (χ0n) is 12.6. The molecule has 25 heavy (non-hydrogen) atoms. The average Bonchev–Trinajstić information content (AvgIpc) is 2.52. The molecule has 0 unspecified atom stereocenters. The number of anilines is 1. The van der Waals surface area contributed by atoms with Crippen molar-refractivity contribution >= 4 is 37.8 Å². The highest BCUT2D eigenvalue weighted by molar-refractivity contribution is 7.92. The maximum Gasteiger partial charge on any atom is 0.261 e. The first-order valence-corrected chi connectivity index (χ1v) is 9.76. The second-order valence-electron chi connectivity index (χ2n) is 4.90. The van der Waals surface area contributed by atoms with Gasteiger partial charge in [-0.1, -0.05) is 18.2 Å². The minimum atomic E-state index is -3.95. The molecule has 0 aliphatic rings. The summed E-state index contributed by atoms with van der Waals surface area (Å²) in [4.78, 5) is 10.2. The number of nitrogens with two attached hydrogens (primary N) is 1. The standard InChI is InChI=1S/C15H14N2O6S2/c16-24(20,21)13-7-5-12(6-8-13)17-25(22,23)14-3-1-2-11(10-14)4-9-15(18)19/h1-10,17H,(H,18,19)(H2,16,20,21)/p-1/b9-4+. The number of sulfonamides is 2. The van der Waals surface area contributed by atoms with Gasteiger partial charge in [-0.15, -0.1) is 0 Å². The van der Waals surface area contributed by atoms with Gasteiger partial charge in [0.2, 0.25) is 10.0 Å². The molecule has 0 bridgehead atoms. The summed E-state index contributed by atoms with van der Waals surface area (Å²) in [5.74, 6) is -1.40. The Morgan fingerprint density at radius 3 is 2.20 bits per heavy atom. The van der Waals surface area contributed by atoms with Crippen LogP contribution in [0.4, 0.5) is 5.69 Å². The molecule has 0 amide bonds. The van der Waals surface area contributed by atoms with Crippen molar-refractivity contribution in [3.8, 4) is 0 Å². The smallest absolute Gasteiger partial charge is 0.261 e. The first-order chi connectivity index (χ1) is 11.6. The lowest BCUT2D eigenvalue weighted by atomic mass is 10.2. The highest BCUT2D eigenvalue weighted by atomic mass is 32.2. The number of hydrogen-bond acceptors (Lipinski definition) is 6. The van der Waals surface area contributed by atoms with Crippen LogP contribution in [0, 0.1) is 0 Å². The fourth-order valence-electron chi connectivity index (χ4n) is 1.88. The van der Waals surface area contributed by atoms with E-state index in [1.807, 2.05) is 0 Å². The Hall–Kier alpha value is -2.69. The van der Waals surface area contributed by atoms with Gasteiger partial charge in [-0.2, -0.15) is 0 Å². The van der Waals surface area contributed by atoms with E-state index >= 15 is 0 Å². The number of rotatable bonds is 6. The molecule has 8 nitrogen and oxygen atoms in total. The van der Waals surface area contributed by atoms with E-state index in [1.54, 1.807) is 0 Å². The van der Waals surface area contributed by atoms with Gasteiger partial charge in [0.15, 0.2) is 0 Å². The molecule has 0 aliphatic carbocycles. The molecule has 0 atom stereocenters. The van der Waals surface area contributed by atoms with Crippen LogP contribution in [0.15, 0.2) is 64.4 Å². The predicted octanol–water partition coefficient (Wildman–Crippen LogP) is -0.102. The lowest BCUT2D eigenvalue weighted by molar-refractivity contribution is -0.297. The highest BCUT2D eigenvalue weighted by Crippen LogP contribution is 2.19. The number of carboxylic acid groups (broad SMARTS) is 1. The van der Waals surface area contributed by atoms with Crippen molar-refractivity contribution in [1.82, 2.24) is 0 Å². The van der Waals surface area contributed by atoms with Crippen molar-refractivity contribution in [3.05, 3.63) is 60.2 Å². The Morgan fingerprint density at radius 1 is 1.00 bits per heavy atom. The number of aliphatic carboxylic acids is 1. The molecule has 0 fully saturated rings. The van der Waals surface area contributed by atoms with Gasteiger partial charge >= 0.3 is 0 Å². The van der Waals surface area contributed by atoms with E-state index in [0.717, 1.165) is 6.08 Å². The molecule has 0 spiro atoms. The molecule has 2 aromatic rings. The Morgan fingerprint density at radius 2 is 1.64 bits per heavy atom. The van der Waals surface area contributed by atoms with E-state index in [1.165, 1.54) is 54.6 Å². The van der Waals surface area contributed by atoms with Crippen LogP contribution in [0.25, 0.3) is 6.08 Å². The molecule has 2 aromatic carbocycles. The van der Waals surface area contributed by atoms with Gasteiger partial charge in [0, 0.05) is 5.69 Å². The van der Waals surface area contributed by atoms with Crippen LogP contribution >= 0.6 is 0 Å². The highest BCUT2D eigenvalue weighted by Gasteiger charge is 2.15. The number of nitrogens with one attached hydrogen (secondary N) is 1. The first kappa shape index (κ1) is 18.6. The molecule has 10 heteroatoms. The fourth-order valence-corrected chi connectivity index (χ4v) is 3.51. The largest absolute Gasteiger partial charge is 0.545 e. The van der Waals surface area contributed by atoms with Gasteiger partial charge in [0.05, 0.1) is 15.8 Å². The summed E-state index contributed by atoms with van der Waals surface area (Å²) < 4.78 is 49.4. The van der Waals surface area contributed by atoms with Crippen molar-refractivity contribution in [3.63, 3.8) is 0 Å². The van der Waals surface area contributed by atoms with Crippen LogP contribution < -0.4 is 15.0 Å². The summed E-state index contributed by atoms with van der Waals surface area (Å²) in [6.07, 6.45) is 1.99. The van der Waals surface area contributed by atoms with Gasteiger partial charge in [-0.3, -0.25) is 4.72 Å². The van der Waals surface area contributed by atoms with Crippen molar-refractivity contribution in [2.24, 2.45) is 5.14 Å². The van der Waals surface area contributed by atoms with Crippen LogP contribution in [-0.2, 0) is 24.8 Å². The number of hydrogen-bond donors (Lipinski definition) is 2. The number of benzene rings is 2. The Kier molecular flexibility index (Phi) is 5.26. The molecule has 0 radical (unpaired) electrons. The van der Waals surface area contributed by atoms with Gasteiger partial charge in [-0.05, 0) is 48.0 Å². The van der Waals surface area contributed by atoms with Crippen molar-refractivity contribution in [1.29, 1.82) is 0 Å². The van der Waals surface area contributed by atoms with Crippen LogP contribution in [-0.4, -0.2) is 22.8 Å². The molecule has 3 N–H and O–H groups in total. The third-order valence-electron chi connectivity index (χ3n) is 3.02. The molecule has 132 valence electrons. The van der Waals surface area contributed by atoms with E-state index in [-0.39, 0.29) is 15.5 Å². The fraction of sp³-hybridized carbons (Fsp3) is 0. The van der Waals surface area contributed by atoms with Crippen molar-refractivity contribution in [2.45, 2.75) is 9.79 Å². The molecule has 0 saturated carbocycles. The number of primary sulfonamides is 1. The summed E-state index contributed by atoms with van der Waals surface area (Å²) in [6.45, 7) is 0. The van der Waals surface area contributed by atoms with E-state index < -0.39 is 26.0 Å². The molecule has 0 aromatic heterocycles. The average molecular weight is 381 g/mol. The first-order valence-electron chi connectivity index (χ1n) is 6.73. The zero-order valence-corrected chi connectivity index (χ0v) is 14.2. The van der Waals surface area contributed by atoms with E-state index in [2.05, 4.69) is 4.72 Å². The van der Waals surface area contributed by atoms with E-state index in [9.17, 15) is 26.7 Å². The maximum absolute atomic E-state index is 12.4. The summed E-state index contributed by atoms with van der Waals surface area (Å²) in [7, 11) is -7.82. The van der Waals surface area contributed by atoms with Crippen LogP contribution in [0.5, 0.6) is 0 Å². The van der Waals surface area contributed by atoms with E-state index in [0.29, 0.717) is 5.56 Å². The second-order valence-corrected chi connectivity index (χ2v) is 8.14. The number of carbonyl (C=O) groups excluding carboxylic acids is 1. The molecule has 0 saturated heterocycles. The minimum absolute atomic E-state index is 0.0940. The lowest BCUT2D eigenvalue weighted by Gasteiger charge is -2.09. The number of carboxylic acids is 1. The predicted molar refractivity (Wildman–Crippen MR) is 89.1 cm³/mol. The van der Waals surface area contributed by atoms with Crippen LogP contribution in [0.2, 0.25) is 0 Å². The molecular formula is C15H13N2O6S2-. The monoisotopic (exact) mass is 381 g/mol. The van der Waals surface area contributed by atoms with Gasteiger partial charge in [-0.25, -0.2) is 22.0 Å². The summed E-state index contributed by atoms with van der Waals surface area (Å²) in [5.41, 5.74) is 0.500. The second kappa shape index (κ2) is 7.05. The van der Waals surface area contributed by atoms with Crippen LogP contribution in [0.3, 0.4) is 0 Å². The van der Waals surface area contributed by atoms with Gasteiger partial charge < -0.3 is 9.90 Å². The Labute approximate surface area is 144 Å². The number of carbonyl (C=O) groups is 1. The SMILES string of the molecule is NS(=O)(=O)c1ccc(NS(=O)(=O)c2cccc(/C=C/C(=O)[O-])c2)cc1. The van der Waals surface area contributed by atoms with Crippen LogP contribution in [0.1, 0.15) is 5.56 Å². The van der Waals surface area contributed by atoms with E-state index in [4.69, 9.17) is 5.14 Å². The summed E-state index contributed by atoms with van der Waals surface area (Å²) >= 11 is 0. The topological polar surface area (TPSA) is 146 Å². The summed E-state index contributed by atoms with van der Waals surface area (Å²) in [6, 6.07) is 10.5. The minimum Gasteiger partial charge on any atom is -0.545 e. The molecule has 2 rings (SSSR count). The zero-order chi connectivity index (χ0) is 18.7. The Bertz CT molecular complexity index is 1030. The third-order valence-corrected chi connectivity index (χ3v) is 5.32. The molecule has 0 aliphatic heterocycles. The van der Waals surface area contributed by atoms with Crippen molar-refractivity contribution in [2.75, 3.05) is 4.72 Å². The molecular weight excluding hydrogens is 368 g/mol. The third kappa shape index (κ3) is 5.14. The lowest BCUT2D eigenvalue weighted by Crippen LogP contribution is -2.18. The summed E-state index contributed by atoms with van der Waals surface area (Å²) in [5, 5.41) is 15.4.